The van der Waals surface area contributed by atoms with E-state index in [-0.39, 0.29) is 0 Å². The molecule has 0 bridgehead atoms. The molecule has 8 aromatic rings. The zero-order valence-corrected chi connectivity index (χ0v) is 24.9. The Bertz CT molecular complexity index is 2620. The predicted molar refractivity (Wildman–Crippen MR) is 189 cm³/mol. The van der Waals surface area contributed by atoms with Crippen molar-refractivity contribution >= 4 is 21.5 Å². The first-order chi connectivity index (χ1) is 22.8. The van der Waals surface area contributed by atoms with Crippen LogP contribution in [0, 0.1) is 0 Å². The molecule has 0 amide bonds. The molecule has 3 aliphatic rings. The zero-order chi connectivity index (χ0) is 30.0. The summed E-state index contributed by atoms with van der Waals surface area (Å²) in [6.45, 7) is 0. The average Bonchev–Trinajstić information content (AvgIpc) is 3.59. The van der Waals surface area contributed by atoms with Crippen LogP contribution in [0.3, 0.4) is 0 Å². The summed E-state index contributed by atoms with van der Waals surface area (Å²) in [6, 6.07) is 58.2. The van der Waals surface area contributed by atoms with Crippen LogP contribution in [0.25, 0.3) is 66.1 Å². The maximum atomic E-state index is 6.58. The fourth-order valence-corrected chi connectivity index (χ4v) is 8.93. The van der Waals surface area contributed by atoms with Gasteiger partial charge in [-0.15, -0.1) is 0 Å². The van der Waals surface area contributed by atoms with Gasteiger partial charge in [-0.1, -0.05) is 140 Å². The Labute approximate surface area is 267 Å². The van der Waals surface area contributed by atoms with Gasteiger partial charge in [0.15, 0.2) is 0 Å². The van der Waals surface area contributed by atoms with Crippen LogP contribution in [-0.2, 0) is 5.41 Å². The van der Waals surface area contributed by atoms with Gasteiger partial charge in [-0.2, -0.15) is 0 Å². The number of fused-ring (bicyclic) bond motifs is 14. The Morgan fingerprint density at radius 3 is 1.93 bits per heavy atom. The molecule has 46 heavy (non-hydrogen) atoms. The van der Waals surface area contributed by atoms with Crippen molar-refractivity contribution < 1.29 is 4.74 Å². The first-order valence-electron chi connectivity index (χ1n) is 16.0. The molecule has 8 aromatic carbocycles. The summed E-state index contributed by atoms with van der Waals surface area (Å²) in [5.74, 6) is 1.83. The number of rotatable bonds is 1. The monoisotopic (exact) mass is 582 g/mol. The summed E-state index contributed by atoms with van der Waals surface area (Å²) in [6.07, 6.45) is 0. The molecule has 0 aromatic heterocycles. The second-order valence-corrected chi connectivity index (χ2v) is 12.8. The zero-order valence-electron chi connectivity index (χ0n) is 24.9. The Kier molecular flexibility index (Phi) is 4.57. The maximum Gasteiger partial charge on any atom is 0.135 e. The molecular weight excluding hydrogens is 556 g/mol. The van der Waals surface area contributed by atoms with Gasteiger partial charge in [0.1, 0.15) is 11.5 Å². The van der Waals surface area contributed by atoms with Crippen molar-refractivity contribution in [2.24, 2.45) is 0 Å². The van der Waals surface area contributed by atoms with Crippen LogP contribution < -0.4 is 4.74 Å². The molecule has 11 rings (SSSR count). The fourth-order valence-electron chi connectivity index (χ4n) is 8.93. The highest BCUT2D eigenvalue weighted by atomic mass is 16.5. The first-order valence-corrected chi connectivity index (χ1v) is 16.0. The molecule has 212 valence electrons. The number of hydrogen-bond donors (Lipinski definition) is 0. The molecule has 1 nitrogen and oxygen atoms in total. The molecule has 0 saturated carbocycles. The molecule has 1 unspecified atom stereocenters. The normalized spacial score (nSPS) is 16.1. The van der Waals surface area contributed by atoms with Crippen LogP contribution in [0.4, 0.5) is 0 Å². The molecule has 1 heterocycles. The summed E-state index contributed by atoms with van der Waals surface area (Å²) < 4.78 is 6.58. The van der Waals surface area contributed by atoms with E-state index < -0.39 is 5.41 Å². The molecular formula is C45H26O. The van der Waals surface area contributed by atoms with Crippen LogP contribution in [0.1, 0.15) is 22.3 Å². The third kappa shape index (κ3) is 2.87. The van der Waals surface area contributed by atoms with Crippen LogP contribution >= 0.6 is 0 Å². The molecule has 0 saturated heterocycles. The average molecular weight is 583 g/mol. The van der Waals surface area contributed by atoms with E-state index in [0.29, 0.717) is 0 Å². The van der Waals surface area contributed by atoms with E-state index in [9.17, 15) is 0 Å². The van der Waals surface area contributed by atoms with E-state index in [0.717, 1.165) is 17.1 Å². The molecule has 2 aliphatic carbocycles. The minimum absolute atomic E-state index is 0.407. The van der Waals surface area contributed by atoms with Gasteiger partial charge in [-0.25, -0.2) is 0 Å². The SMILES string of the molecule is c1ccc2c(c1)-c1ccc(-c3cccc4c3-c3cccc5cccc(c35)O4)cc1C21c2ccccc2-c2c1ccc1ccccc21. The molecule has 0 radical (unpaired) electrons. The van der Waals surface area contributed by atoms with Gasteiger partial charge in [0.2, 0.25) is 0 Å². The highest BCUT2D eigenvalue weighted by molar-refractivity contribution is 6.09. The summed E-state index contributed by atoms with van der Waals surface area (Å²) >= 11 is 0. The van der Waals surface area contributed by atoms with Gasteiger partial charge >= 0.3 is 0 Å². The predicted octanol–water partition coefficient (Wildman–Crippen LogP) is 11.8. The lowest BCUT2D eigenvalue weighted by Gasteiger charge is -2.31. The largest absolute Gasteiger partial charge is 0.456 e. The van der Waals surface area contributed by atoms with E-state index >= 15 is 0 Å². The van der Waals surface area contributed by atoms with Crippen molar-refractivity contribution in [2.45, 2.75) is 5.41 Å². The third-order valence-electron chi connectivity index (χ3n) is 10.7. The molecule has 1 atom stereocenters. The van der Waals surface area contributed by atoms with Crippen LogP contribution in [0.5, 0.6) is 11.5 Å². The van der Waals surface area contributed by atoms with Crippen molar-refractivity contribution in [3.05, 3.63) is 180 Å². The van der Waals surface area contributed by atoms with E-state index in [2.05, 4.69) is 158 Å². The lowest BCUT2D eigenvalue weighted by Crippen LogP contribution is -2.25. The summed E-state index contributed by atoms with van der Waals surface area (Å²) in [5, 5.41) is 4.97. The van der Waals surface area contributed by atoms with Gasteiger partial charge in [-0.05, 0) is 95.6 Å². The second kappa shape index (κ2) is 8.62. The van der Waals surface area contributed by atoms with Crippen molar-refractivity contribution in [2.75, 3.05) is 0 Å². The van der Waals surface area contributed by atoms with Gasteiger partial charge in [0.05, 0.1) is 5.41 Å². The van der Waals surface area contributed by atoms with Crippen molar-refractivity contribution in [3.63, 3.8) is 0 Å². The number of ether oxygens (including phenoxy) is 1. The Morgan fingerprint density at radius 2 is 1.02 bits per heavy atom. The van der Waals surface area contributed by atoms with Gasteiger partial charge in [0, 0.05) is 10.9 Å². The lowest BCUT2D eigenvalue weighted by molar-refractivity contribution is 0.487. The maximum absolute atomic E-state index is 6.58. The van der Waals surface area contributed by atoms with Crippen LogP contribution in [-0.4, -0.2) is 0 Å². The molecule has 1 aliphatic heterocycles. The van der Waals surface area contributed by atoms with E-state index in [1.807, 2.05) is 0 Å². The van der Waals surface area contributed by atoms with Crippen LogP contribution in [0.2, 0.25) is 0 Å². The van der Waals surface area contributed by atoms with Gasteiger partial charge < -0.3 is 4.74 Å². The fraction of sp³-hybridized carbons (Fsp3) is 0.0222. The summed E-state index contributed by atoms with van der Waals surface area (Å²) in [4.78, 5) is 0. The Hall–Kier alpha value is -5.92. The minimum atomic E-state index is -0.407. The first kappa shape index (κ1) is 24.4. The molecule has 0 fully saturated rings. The van der Waals surface area contributed by atoms with E-state index in [4.69, 9.17) is 4.74 Å². The second-order valence-electron chi connectivity index (χ2n) is 12.8. The van der Waals surface area contributed by atoms with E-state index in [1.165, 1.54) is 82.7 Å². The smallest absolute Gasteiger partial charge is 0.135 e. The minimum Gasteiger partial charge on any atom is -0.456 e. The van der Waals surface area contributed by atoms with Gasteiger partial charge in [-0.3, -0.25) is 0 Å². The molecule has 1 spiro atoms. The molecule has 1 heteroatoms. The lowest BCUT2D eigenvalue weighted by atomic mass is 9.70. The van der Waals surface area contributed by atoms with Gasteiger partial charge in [0.25, 0.3) is 0 Å². The third-order valence-corrected chi connectivity index (χ3v) is 10.7. The topological polar surface area (TPSA) is 9.23 Å². The van der Waals surface area contributed by atoms with Crippen LogP contribution in [0.15, 0.2) is 158 Å². The number of hydrogen-bond acceptors (Lipinski definition) is 1. The number of benzene rings is 8. The highest BCUT2D eigenvalue weighted by Crippen LogP contribution is 2.64. The summed E-state index contributed by atoms with van der Waals surface area (Å²) in [5.41, 5.74) is 15.1. The summed E-state index contributed by atoms with van der Waals surface area (Å²) in [7, 11) is 0. The van der Waals surface area contributed by atoms with Crippen molar-refractivity contribution in [1.29, 1.82) is 0 Å². The van der Waals surface area contributed by atoms with E-state index in [1.54, 1.807) is 0 Å². The Morgan fingerprint density at radius 1 is 0.370 bits per heavy atom. The quantitative estimate of drug-likeness (QED) is 0.187. The molecule has 0 N–H and O–H groups in total. The highest BCUT2D eigenvalue weighted by Gasteiger charge is 2.52. The Balaban J connectivity index is 1.24. The standard InChI is InChI=1S/C45H26O/c1-2-13-30-27(10-1)23-25-38-43(30)34-15-4-6-19-37(34)45(38)36-18-5-3-14-32(36)33-24-22-29(26-39(33)45)31-16-9-21-41-44(31)35-17-7-11-28-12-8-20-40(46-41)42(28)35/h1-26H. The van der Waals surface area contributed by atoms with Crippen molar-refractivity contribution in [3.8, 4) is 56.0 Å². The van der Waals surface area contributed by atoms with Crippen molar-refractivity contribution in [1.82, 2.24) is 0 Å².